The van der Waals surface area contributed by atoms with Gasteiger partial charge in [0.15, 0.2) is 0 Å². The normalized spacial score (nSPS) is 15.2. The molecule has 1 aliphatic heterocycles. The molecule has 0 spiro atoms. The molecule has 1 aromatic heterocycles. The minimum Gasteiger partial charge on any atom is -0.481 e. The summed E-state index contributed by atoms with van der Waals surface area (Å²) in [5.74, 6) is -3.70. The highest BCUT2D eigenvalue weighted by Gasteiger charge is 2.32. The van der Waals surface area contributed by atoms with Crippen molar-refractivity contribution in [3.8, 4) is 11.1 Å². The molecule has 1 aliphatic rings. The fraction of sp³-hybridized carbons (Fsp3) is 0.500. The van der Waals surface area contributed by atoms with E-state index < -0.39 is 65.6 Å². The summed E-state index contributed by atoms with van der Waals surface area (Å²) in [6, 6.07) is 5.03. The summed E-state index contributed by atoms with van der Waals surface area (Å²) < 4.78 is 58.9. The molecule has 260 valence electrons. The van der Waals surface area contributed by atoms with Crippen LogP contribution in [0, 0.1) is 25.6 Å². The number of nitrogens with zero attached hydrogens (tertiary/aromatic N) is 3. The third kappa shape index (κ3) is 8.50. The fourth-order valence-electron chi connectivity index (χ4n) is 6.38. The summed E-state index contributed by atoms with van der Waals surface area (Å²) in [6.45, 7) is 12.2. The fourth-order valence-corrected chi connectivity index (χ4v) is 6.38. The molecule has 2 heterocycles. The third-order valence-corrected chi connectivity index (χ3v) is 8.76. The lowest BCUT2D eigenvalue weighted by atomic mass is 9.90. The average molecular weight is 673 g/mol. The highest BCUT2D eigenvalue weighted by molar-refractivity contribution is 5.82. The van der Waals surface area contributed by atoms with Crippen LogP contribution in [0.2, 0.25) is 0 Å². The molecule has 1 saturated heterocycles. The Balaban J connectivity index is 1.78. The Bertz CT molecular complexity index is 1680. The van der Waals surface area contributed by atoms with Crippen molar-refractivity contribution in [1.29, 1.82) is 0 Å². The minimum absolute atomic E-state index is 0.110. The second-order valence-electron chi connectivity index (χ2n) is 13.4. The van der Waals surface area contributed by atoms with E-state index in [1.165, 1.54) is 10.6 Å². The van der Waals surface area contributed by atoms with Gasteiger partial charge < -0.3 is 10.4 Å². The first-order chi connectivity index (χ1) is 22.6. The number of hydrogen-bond donors (Lipinski definition) is 2. The zero-order chi connectivity index (χ0) is 35.4. The standard InChI is InChI=1S/C36H44F4N4O4/c1-19(2)12-29(44-16-23(10-11-43-17-25(37)18-43)33(20(3)4)42-36(44)48)35(47)41-28(15-30(45)46)26-13-24(14-27(32(26)38)34(39)40)31-21(5)8-7-9-22(31)6/h7-9,13-14,16,19-20,25,28-29,34H,10-12,15,17-18H2,1-6H3,(H,41,47)(H,45,46). The highest BCUT2D eigenvalue weighted by Crippen LogP contribution is 2.37. The van der Waals surface area contributed by atoms with E-state index in [1.54, 1.807) is 38.2 Å². The lowest BCUT2D eigenvalue weighted by Gasteiger charge is -2.34. The van der Waals surface area contributed by atoms with E-state index in [2.05, 4.69) is 10.3 Å². The highest BCUT2D eigenvalue weighted by atomic mass is 19.3. The number of carbonyl (C=O) groups is 2. The zero-order valence-corrected chi connectivity index (χ0v) is 28.2. The van der Waals surface area contributed by atoms with Gasteiger partial charge in [-0.2, -0.15) is 4.98 Å². The topological polar surface area (TPSA) is 105 Å². The van der Waals surface area contributed by atoms with Gasteiger partial charge in [0, 0.05) is 31.4 Å². The maximum atomic E-state index is 15.8. The van der Waals surface area contributed by atoms with Crippen LogP contribution in [-0.4, -0.2) is 57.2 Å². The number of benzene rings is 2. The molecule has 2 aromatic carbocycles. The number of likely N-dealkylation sites (tertiary alicyclic amines) is 1. The van der Waals surface area contributed by atoms with Crippen molar-refractivity contribution in [3.63, 3.8) is 0 Å². The third-order valence-electron chi connectivity index (χ3n) is 8.76. The van der Waals surface area contributed by atoms with Crippen molar-refractivity contribution in [1.82, 2.24) is 19.8 Å². The van der Waals surface area contributed by atoms with Crippen LogP contribution in [0.5, 0.6) is 0 Å². The Hall–Kier alpha value is -4.06. The van der Waals surface area contributed by atoms with Gasteiger partial charge in [0.2, 0.25) is 5.91 Å². The Morgan fingerprint density at radius 2 is 1.69 bits per heavy atom. The van der Waals surface area contributed by atoms with Crippen molar-refractivity contribution in [2.45, 2.75) is 91.4 Å². The van der Waals surface area contributed by atoms with Crippen LogP contribution in [0.15, 0.2) is 41.3 Å². The van der Waals surface area contributed by atoms with Gasteiger partial charge in [-0.15, -0.1) is 0 Å². The SMILES string of the molecule is Cc1cccc(C)c1-c1cc(C(F)F)c(F)c(C(CC(=O)O)NC(=O)C(CC(C)C)n2cc(CCN3CC(F)C3)c(C(C)C)nc2=O)c1. The summed E-state index contributed by atoms with van der Waals surface area (Å²) in [5, 5.41) is 12.4. The molecule has 0 radical (unpaired) electrons. The molecule has 2 atom stereocenters. The second kappa shape index (κ2) is 15.4. The molecule has 0 bridgehead atoms. The van der Waals surface area contributed by atoms with Gasteiger partial charge in [-0.3, -0.25) is 19.1 Å². The quantitative estimate of drug-likeness (QED) is 0.182. The van der Waals surface area contributed by atoms with Crippen LogP contribution >= 0.6 is 0 Å². The van der Waals surface area contributed by atoms with Gasteiger partial charge in [0.05, 0.1) is 23.7 Å². The number of carboxylic acids is 1. The second-order valence-corrected chi connectivity index (χ2v) is 13.4. The number of hydrogen-bond acceptors (Lipinski definition) is 5. The largest absolute Gasteiger partial charge is 0.481 e. The predicted molar refractivity (Wildman–Crippen MR) is 176 cm³/mol. The Morgan fingerprint density at radius 3 is 2.23 bits per heavy atom. The number of aryl methyl sites for hydroxylation is 2. The number of carboxylic acid groups (broad SMARTS) is 1. The first kappa shape index (κ1) is 36.8. The summed E-state index contributed by atoms with van der Waals surface area (Å²) in [4.78, 5) is 45.8. The van der Waals surface area contributed by atoms with Crippen LogP contribution in [-0.2, 0) is 16.0 Å². The molecule has 4 rings (SSSR count). The van der Waals surface area contributed by atoms with Gasteiger partial charge in [-0.25, -0.2) is 22.4 Å². The lowest BCUT2D eigenvalue weighted by Crippen LogP contribution is -2.49. The number of aliphatic carboxylic acids is 1. The van der Waals surface area contributed by atoms with Gasteiger partial charge in [-0.05, 0) is 78.5 Å². The summed E-state index contributed by atoms with van der Waals surface area (Å²) in [5.41, 5.74) is 1.62. The first-order valence-corrected chi connectivity index (χ1v) is 16.3. The van der Waals surface area contributed by atoms with Crippen LogP contribution in [0.4, 0.5) is 17.6 Å². The molecule has 2 unspecified atom stereocenters. The molecule has 3 aromatic rings. The van der Waals surface area contributed by atoms with Crippen molar-refractivity contribution < 1.29 is 32.3 Å². The average Bonchev–Trinajstić information content (AvgIpc) is 2.97. The van der Waals surface area contributed by atoms with Crippen LogP contribution < -0.4 is 11.0 Å². The molecule has 2 N–H and O–H groups in total. The Labute approximate surface area is 278 Å². The number of amides is 1. The smallest absolute Gasteiger partial charge is 0.348 e. The van der Waals surface area contributed by atoms with E-state index in [9.17, 15) is 32.7 Å². The molecule has 12 heteroatoms. The van der Waals surface area contributed by atoms with Crippen LogP contribution in [0.3, 0.4) is 0 Å². The monoisotopic (exact) mass is 672 g/mol. The minimum atomic E-state index is -3.21. The molecule has 1 fully saturated rings. The molecular formula is C36H44F4N4O4. The van der Waals surface area contributed by atoms with Crippen molar-refractivity contribution in [2.75, 3.05) is 19.6 Å². The van der Waals surface area contributed by atoms with Gasteiger partial charge >= 0.3 is 11.7 Å². The number of carbonyl (C=O) groups excluding carboxylic acids is 1. The Morgan fingerprint density at radius 1 is 1.06 bits per heavy atom. The maximum Gasteiger partial charge on any atom is 0.348 e. The molecule has 0 saturated carbocycles. The summed E-state index contributed by atoms with van der Waals surface area (Å²) >= 11 is 0. The van der Waals surface area contributed by atoms with E-state index >= 15 is 4.39 Å². The van der Waals surface area contributed by atoms with Gasteiger partial charge in [0.1, 0.15) is 18.0 Å². The number of halogens is 4. The van der Waals surface area contributed by atoms with Gasteiger partial charge in [0.25, 0.3) is 6.43 Å². The number of aromatic nitrogens is 2. The van der Waals surface area contributed by atoms with Crippen LogP contribution in [0.1, 0.15) is 98.5 Å². The Kier molecular flexibility index (Phi) is 11.8. The number of alkyl halides is 3. The van der Waals surface area contributed by atoms with E-state index in [0.717, 1.165) is 17.2 Å². The van der Waals surface area contributed by atoms with Crippen LogP contribution in [0.25, 0.3) is 11.1 Å². The molecule has 8 nitrogen and oxygen atoms in total. The van der Waals surface area contributed by atoms with E-state index in [4.69, 9.17) is 0 Å². The summed E-state index contributed by atoms with van der Waals surface area (Å²) in [6.07, 6.45) is -2.70. The van der Waals surface area contributed by atoms with E-state index in [-0.39, 0.29) is 23.8 Å². The van der Waals surface area contributed by atoms with E-state index in [1.807, 2.05) is 32.6 Å². The van der Waals surface area contributed by atoms with Crippen molar-refractivity contribution in [3.05, 3.63) is 86.3 Å². The number of nitrogens with one attached hydrogen (secondary N) is 1. The zero-order valence-electron chi connectivity index (χ0n) is 28.2. The predicted octanol–water partition coefficient (Wildman–Crippen LogP) is 6.84. The molecule has 1 amide bonds. The number of rotatable bonds is 14. The van der Waals surface area contributed by atoms with Gasteiger partial charge in [-0.1, -0.05) is 45.9 Å². The first-order valence-electron chi connectivity index (χ1n) is 16.3. The maximum absolute atomic E-state index is 15.8. The van der Waals surface area contributed by atoms with Crippen molar-refractivity contribution >= 4 is 11.9 Å². The van der Waals surface area contributed by atoms with E-state index in [0.29, 0.717) is 42.9 Å². The molecule has 0 aliphatic carbocycles. The molecule has 48 heavy (non-hydrogen) atoms. The lowest BCUT2D eigenvalue weighted by molar-refractivity contribution is -0.138. The summed E-state index contributed by atoms with van der Waals surface area (Å²) in [7, 11) is 0. The molecular weight excluding hydrogens is 628 g/mol. The van der Waals surface area contributed by atoms with Crippen molar-refractivity contribution in [2.24, 2.45) is 5.92 Å².